The molecule has 1 aliphatic rings. The van der Waals surface area contributed by atoms with Crippen molar-refractivity contribution in [2.75, 3.05) is 13.7 Å². The summed E-state index contributed by atoms with van der Waals surface area (Å²) in [5.41, 5.74) is 2.14. The molecule has 0 aromatic heterocycles. The molecule has 0 aliphatic heterocycles. The van der Waals surface area contributed by atoms with Gasteiger partial charge in [-0.2, -0.15) is 0 Å². The fourth-order valence-electron chi connectivity index (χ4n) is 4.25. The first kappa shape index (κ1) is 24.6. The van der Waals surface area contributed by atoms with E-state index in [1.807, 2.05) is 38.1 Å². The molecule has 0 saturated heterocycles. The number of ether oxygens (including phenoxy) is 2. The highest BCUT2D eigenvalue weighted by molar-refractivity contribution is 5.88. The molecular formula is C27H36N2O4. The smallest absolute Gasteiger partial charge is 0.261 e. The van der Waals surface area contributed by atoms with Crippen LogP contribution in [0.3, 0.4) is 0 Å². The Labute approximate surface area is 197 Å². The van der Waals surface area contributed by atoms with Gasteiger partial charge in [0, 0.05) is 12.6 Å². The average Bonchev–Trinajstić information content (AvgIpc) is 2.84. The van der Waals surface area contributed by atoms with E-state index >= 15 is 0 Å². The van der Waals surface area contributed by atoms with Crippen LogP contribution in [0.15, 0.2) is 48.5 Å². The molecule has 33 heavy (non-hydrogen) atoms. The quantitative estimate of drug-likeness (QED) is 0.570. The number of methoxy groups -OCH3 is 1. The highest BCUT2D eigenvalue weighted by Gasteiger charge is 2.30. The summed E-state index contributed by atoms with van der Waals surface area (Å²) in [7, 11) is 1.60. The average molecular weight is 453 g/mol. The summed E-state index contributed by atoms with van der Waals surface area (Å²) in [6.07, 6.45) is 6.07. The van der Waals surface area contributed by atoms with Crippen molar-refractivity contribution in [3.8, 4) is 11.5 Å². The lowest BCUT2D eigenvalue weighted by Gasteiger charge is -2.32. The van der Waals surface area contributed by atoms with Crippen molar-refractivity contribution < 1.29 is 19.1 Å². The Bertz CT molecular complexity index is 889. The van der Waals surface area contributed by atoms with Crippen molar-refractivity contribution in [1.29, 1.82) is 0 Å². The maximum absolute atomic E-state index is 13.3. The molecule has 0 radical (unpaired) electrons. The molecule has 1 saturated carbocycles. The minimum Gasteiger partial charge on any atom is -0.497 e. The van der Waals surface area contributed by atoms with Crippen LogP contribution >= 0.6 is 0 Å². The van der Waals surface area contributed by atoms with E-state index in [9.17, 15) is 9.59 Å². The first-order chi connectivity index (χ1) is 16.0. The van der Waals surface area contributed by atoms with E-state index in [0.29, 0.717) is 18.7 Å². The lowest BCUT2D eigenvalue weighted by Crippen LogP contribution is -2.52. The standard InChI is InChI=1S/C27H36N2O4/c1-4-25(27(31)28-22-8-6-5-7-9-22)29(18-21-12-10-20(2)11-13-21)26(30)19-33-24-16-14-23(32-3)15-17-24/h10-17,22,25H,4-9,18-19H2,1-3H3,(H,28,31)/t25-/m0/s1. The molecule has 3 rings (SSSR count). The van der Waals surface area contributed by atoms with E-state index in [1.165, 1.54) is 6.42 Å². The first-order valence-corrected chi connectivity index (χ1v) is 11.9. The van der Waals surface area contributed by atoms with Crippen molar-refractivity contribution in [1.82, 2.24) is 10.2 Å². The fourth-order valence-corrected chi connectivity index (χ4v) is 4.25. The molecule has 0 spiro atoms. The van der Waals surface area contributed by atoms with Crippen LogP contribution in [0.4, 0.5) is 0 Å². The molecule has 1 N–H and O–H groups in total. The summed E-state index contributed by atoms with van der Waals surface area (Å²) < 4.78 is 10.9. The van der Waals surface area contributed by atoms with Gasteiger partial charge in [0.2, 0.25) is 5.91 Å². The molecule has 2 amide bonds. The van der Waals surface area contributed by atoms with Crippen LogP contribution in [0.5, 0.6) is 11.5 Å². The zero-order valence-electron chi connectivity index (χ0n) is 20.0. The minimum absolute atomic E-state index is 0.0747. The number of hydrogen-bond donors (Lipinski definition) is 1. The summed E-state index contributed by atoms with van der Waals surface area (Å²) in [6.45, 7) is 4.21. The Kier molecular flexibility index (Phi) is 9.16. The number of aryl methyl sites for hydroxylation is 1. The summed E-state index contributed by atoms with van der Waals surface area (Å²) >= 11 is 0. The Balaban J connectivity index is 1.73. The molecule has 6 nitrogen and oxygen atoms in total. The second-order valence-corrected chi connectivity index (χ2v) is 8.74. The van der Waals surface area contributed by atoms with Crippen molar-refractivity contribution >= 4 is 11.8 Å². The molecule has 0 bridgehead atoms. The molecule has 2 aromatic rings. The molecule has 1 aliphatic carbocycles. The zero-order valence-corrected chi connectivity index (χ0v) is 20.0. The van der Waals surface area contributed by atoms with Crippen LogP contribution in [0.1, 0.15) is 56.6 Å². The number of benzene rings is 2. The molecular weight excluding hydrogens is 416 g/mol. The van der Waals surface area contributed by atoms with Crippen LogP contribution in [-0.4, -0.2) is 42.5 Å². The summed E-state index contributed by atoms with van der Waals surface area (Å²) in [6, 6.07) is 14.8. The second-order valence-electron chi connectivity index (χ2n) is 8.74. The normalized spacial score (nSPS) is 14.9. The topological polar surface area (TPSA) is 67.9 Å². The highest BCUT2D eigenvalue weighted by atomic mass is 16.5. The van der Waals surface area contributed by atoms with Gasteiger partial charge in [-0.05, 0) is 56.0 Å². The van der Waals surface area contributed by atoms with Gasteiger partial charge in [-0.15, -0.1) is 0 Å². The Hall–Kier alpha value is -3.02. The summed E-state index contributed by atoms with van der Waals surface area (Å²) in [5, 5.41) is 3.20. The first-order valence-electron chi connectivity index (χ1n) is 11.9. The van der Waals surface area contributed by atoms with E-state index in [-0.39, 0.29) is 24.5 Å². The van der Waals surface area contributed by atoms with E-state index in [1.54, 1.807) is 36.3 Å². The maximum atomic E-state index is 13.3. The molecule has 2 aromatic carbocycles. The monoisotopic (exact) mass is 452 g/mol. The Morgan fingerprint density at radius 3 is 2.24 bits per heavy atom. The van der Waals surface area contributed by atoms with Gasteiger partial charge in [-0.1, -0.05) is 56.0 Å². The Morgan fingerprint density at radius 1 is 1.00 bits per heavy atom. The summed E-state index contributed by atoms with van der Waals surface area (Å²) in [5.74, 6) is 1.02. The van der Waals surface area contributed by atoms with Gasteiger partial charge < -0.3 is 19.7 Å². The SMILES string of the molecule is CC[C@@H](C(=O)NC1CCCCC1)N(Cc1ccc(C)cc1)C(=O)COc1ccc(OC)cc1. The van der Waals surface area contributed by atoms with Crippen LogP contribution in [-0.2, 0) is 16.1 Å². The number of rotatable bonds is 10. The number of amides is 2. The number of carbonyl (C=O) groups excluding carboxylic acids is 2. The van der Waals surface area contributed by atoms with Gasteiger partial charge in [0.05, 0.1) is 7.11 Å². The number of nitrogens with one attached hydrogen (secondary N) is 1. The van der Waals surface area contributed by atoms with Gasteiger partial charge in [0.15, 0.2) is 6.61 Å². The maximum Gasteiger partial charge on any atom is 0.261 e. The van der Waals surface area contributed by atoms with Crippen LogP contribution in [0.2, 0.25) is 0 Å². The van der Waals surface area contributed by atoms with E-state index in [4.69, 9.17) is 9.47 Å². The number of hydrogen-bond acceptors (Lipinski definition) is 4. The van der Waals surface area contributed by atoms with Crippen molar-refractivity contribution in [3.63, 3.8) is 0 Å². The Morgan fingerprint density at radius 2 is 1.64 bits per heavy atom. The van der Waals surface area contributed by atoms with Gasteiger partial charge in [-0.3, -0.25) is 9.59 Å². The molecule has 178 valence electrons. The van der Waals surface area contributed by atoms with E-state index in [2.05, 4.69) is 5.32 Å². The third-order valence-electron chi connectivity index (χ3n) is 6.23. The predicted octanol–water partition coefficient (Wildman–Crippen LogP) is 4.64. The highest BCUT2D eigenvalue weighted by Crippen LogP contribution is 2.20. The van der Waals surface area contributed by atoms with Gasteiger partial charge >= 0.3 is 0 Å². The molecule has 0 heterocycles. The number of carbonyl (C=O) groups is 2. The fraction of sp³-hybridized carbons (Fsp3) is 0.481. The molecule has 0 unspecified atom stereocenters. The second kappa shape index (κ2) is 12.3. The van der Waals surface area contributed by atoms with Gasteiger partial charge in [0.25, 0.3) is 5.91 Å². The lowest BCUT2D eigenvalue weighted by atomic mass is 9.95. The van der Waals surface area contributed by atoms with Gasteiger partial charge in [-0.25, -0.2) is 0 Å². The molecule has 1 fully saturated rings. The van der Waals surface area contributed by atoms with Gasteiger partial charge in [0.1, 0.15) is 17.5 Å². The number of nitrogens with zero attached hydrogens (tertiary/aromatic N) is 1. The predicted molar refractivity (Wildman–Crippen MR) is 129 cm³/mol. The van der Waals surface area contributed by atoms with Crippen LogP contribution in [0.25, 0.3) is 0 Å². The van der Waals surface area contributed by atoms with Crippen molar-refractivity contribution in [2.45, 2.75) is 71.0 Å². The molecule has 6 heteroatoms. The zero-order chi connectivity index (χ0) is 23.6. The minimum atomic E-state index is -0.541. The molecule has 1 atom stereocenters. The lowest BCUT2D eigenvalue weighted by molar-refractivity contribution is -0.143. The van der Waals surface area contributed by atoms with Crippen LogP contribution < -0.4 is 14.8 Å². The van der Waals surface area contributed by atoms with Crippen molar-refractivity contribution in [3.05, 3.63) is 59.7 Å². The summed E-state index contributed by atoms with van der Waals surface area (Å²) in [4.78, 5) is 28.2. The van der Waals surface area contributed by atoms with E-state index < -0.39 is 6.04 Å². The third-order valence-corrected chi connectivity index (χ3v) is 6.23. The third kappa shape index (κ3) is 7.24. The van der Waals surface area contributed by atoms with Crippen molar-refractivity contribution in [2.24, 2.45) is 0 Å². The van der Waals surface area contributed by atoms with E-state index in [0.717, 1.165) is 42.6 Å². The van der Waals surface area contributed by atoms with Crippen LogP contribution in [0, 0.1) is 6.92 Å². The largest absolute Gasteiger partial charge is 0.497 e.